The van der Waals surface area contributed by atoms with E-state index in [0.29, 0.717) is 6.61 Å². The van der Waals surface area contributed by atoms with Gasteiger partial charge in [-0.05, 0) is 19.8 Å². The summed E-state index contributed by atoms with van der Waals surface area (Å²) >= 11 is 0. The second kappa shape index (κ2) is 6.06. The van der Waals surface area contributed by atoms with Gasteiger partial charge in [-0.15, -0.1) is 0 Å². The molecule has 2 rings (SSSR count). The van der Waals surface area contributed by atoms with Gasteiger partial charge in [0.2, 0.25) is 0 Å². The van der Waals surface area contributed by atoms with Gasteiger partial charge in [0, 0.05) is 0 Å². The van der Waals surface area contributed by atoms with E-state index >= 15 is 0 Å². The zero-order valence-corrected chi connectivity index (χ0v) is 11.2. The molecule has 0 spiro atoms. The molecule has 1 saturated carbocycles. The topological polar surface area (TPSA) is 90.4 Å². The minimum atomic E-state index is -0.464. The van der Waals surface area contributed by atoms with Crippen LogP contribution in [-0.4, -0.2) is 33.6 Å². The molecule has 19 heavy (non-hydrogen) atoms. The number of aliphatic hydroxyl groups excluding tert-OH is 1. The summed E-state index contributed by atoms with van der Waals surface area (Å²) in [7, 11) is 0. The third-order valence-corrected chi connectivity index (χ3v) is 3.59. The summed E-state index contributed by atoms with van der Waals surface area (Å²) in [5, 5.41) is 14.3. The maximum atomic E-state index is 11.7. The Morgan fingerprint density at radius 1 is 1.53 bits per heavy atom. The standard InChI is InChI=1S/C13H21N3O3/c1-2-19-13(18)9-8-15-16(12(9)14)10-6-4-3-5-7-11(10)17/h8,10-11,17H,2-7,14H2,1H3. The van der Waals surface area contributed by atoms with Crippen LogP contribution in [0.2, 0.25) is 0 Å². The molecule has 2 unspecified atom stereocenters. The number of rotatable bonds is 3. The quantitative estimate of drug-likeness (QED) is 0.640. The number of hydrogen-bond acceptors (Lipinski definition) is 5. The Labute approximate surface area is 112 Å². The van der Waals surface area contributed by atoms with E-state index in [1.165, 1.54) is 6.20 Å². The first-order valence-corrected chi connectivity index (χ1v) is 6.83. The minimum Gasteiger partial charge on any atom is -0.462 e. The summed E-state index contributed by atoms with van der Waals surface area (Å²) in [6.45, 7) is 2.04. The average molecular weight is 267 g/mol. The fourth-order valence-corrected chi connectivity index (χ4v) is 2.56. The first-order valence-electron chi connectivity index (χ1n) is 6.83. The molecule has 0 bridgehead atoms. The van der Waals surface area contributed by atoms with Crippen LogP contribution in [0, 0.1) is 0 Å². The Morgan fingerprint density at radius 2 is 2.26 bits per heavy atom. The van der Waals surface area contributed by atoms with Gasteiger partial charge >= 0.3 is 5.97 Å². The third kappa shape index (κ3) is 2.89. The van der Waals surface area contributed by atoms with E-state index in [9.17, 15) is 9.90 Å². The molecule has 2 atom stereocenters. The maximum absolute atomic E-state index is 11.7. The van der Waals surface area contributed by atoms with Crippen molar-refractivity contribution in [2.24, 2.45) is 0 Å². The summed E-state index contributed by atoms with van der Waals surface area (Å²) in [6, 6.07) is -0.148. The lowest BCUT2D eigenvalue weighted by Gasteiger charge is -2.21. The number of aliphatic hydroxyl groups is 1. The van der Waals surface area contributed by atoms with Crippen molar-refractivity contribution < 1.29 is 14.6 Å². The largest absolute Gasteiger partial charge is 0.462 e. The number of nitrogen functional groups attached to an aromatic ring is 1. The molecule has 3 N–H and O–H groups in total. The zero-order chi connectivity index (χ0) is 13.8. The molecule has 0 aliphatic heterocycles. The van der Waals surface area contributed by atoms with Crippen LogP contribution in [0.25, 0.3) is 0 Å². The van der Waals surface area contributed by atoms with Crippen molar-refractivity contribution >= 4 is 11.8 Å². The van der Waals surface area contributed by atoms with E-state index in [-0.39, 0.29) is 17.4 Å². The lowest BCUT2D eigenvalue weighted by Crippen LogP contribution is -2.25. The first kappa shape index (κ1) is 13.9. The van der Waals surface area contributed by atoms with E-state index in [4.69, 9.17) is 10.5 Å². The molecule has 6 heteroatoms. The molecule has 0 aromatic carbocycles. The summed E-state index contributed by atoms with van der Waals surface area (Å²) in [4.78, 5) is 11.7. The van der Waals surface area contributed by atoms with Gasteiger partial charge in [0.05, 0.1) is 24.9 Å². The average Bonchev–Trinajstić information content (AvgIpc) is 2.62. The van der Waals surface area contributed by atoms with Crippen LogP contribution in [0.5, 0.6) is 0 Å². The molecule has 1 heterocycles. The Bertz CT molecular complexity index is 444. The molecule has 1 aromatic heterocycles. The summed E-state index contributed by atoms with van der Waals surface area (Å²) in [6.07, 6.45) is 5.71. The van der Waals surface area contributed by atoms with Crippen molar-refractivity contribution in [2.45, 2.75) is 51.2 Å². The molecule has 0 saturated heterocycles. The number of anilines is 1. The van der Waals surface area contributed by atoms with Gasteiger partial charge in [0.25, 0.3) is 0 Å². The second-order valence-corrected chi connectivity index (χ2v) is 4.88. The van der Waals surface area contributed by atoms with Crippen LogP contribution < -0.4 is 5.73 Å². The fraction of sp³-hybridized carbons (Fsp3) is 0.692. The molecule has 1 aliphatic carbocycles. The van der Waals surface area contributed by atoms with Crippen molar-refractivity contribution in [2.75, 3.05) is 12.3 Å². The van der Waals surface area contributed by atoms with Crippen LogP contribution in [0.3, 0.4) is 0 Å². The van der Waals surface area contributed by atoms with Gasteiger partial charge in [0.15, 0.2) is 0 Å². The van der Waals surface area contributed by atoms with E-state index in [1.54, 1.807) is 11.6 Å². The number of ether oxygens (including phenoxy) is 1. The molecular formula is C13H21N3O3. The molecule has 1 aliphatic rings. The van der Waals surface area contributed by atoms with Crippen molar-refractivity contribution in [1.29, 1.82) is 0 Å². The highest BCUT2D eigenvalue weighted by atomic mass is 16.5. The van der Waals surface area contributed by atoms with Crippen LogP contribution >= 0.6 is 0 Å². The highest BCUT2D eigenvalue weighted by Gasteiger charge is 2.27. The third-order valence-electron chi connectivity index (χ3n) is 3.59. The van der Waals surface area contributed by atoms with Crippen molar-refractivity contribution in [3.05, 3.63) is 11.8 Å². The van der Waals surface area contributed by atoms with E-state index in [0.717, 1.165) is 32.1 Å². The molecular weight excluding hydrogens is 246 g/mol. The van der Waals surface area contributed by atoms with Gasteiger partial charge in [0.1, 0.15) is 11.4 Å². The van der Waals surface area contributed by atoms with Crippen molar-refractivity contribution in [3.8, 4) is 0 Å². The summed E-state index contributed by atoms with van der Waals surface area (Å²) < 4.78 is 6.50. The maximum Gasteiger partial charge on any atom is 0.343 e. The summed E-state index contributed by atoms with van der Waals surface area (Å²) in [5.41, 5.74) is 6.24. The number of esters is 1. The van der Waals surface area contributed by atoms with Gasteiger partial charge in [-0.3, -0.25) is 0 Å². The molecule has 0 amide bonds. The van der Waals surface area contributed by atoms with Crippen LogP contribution in [-0.2, 0) is 4.74 Å². The Balaban J connectivity index is 2.22. The van der Waals surface area contributed by atoms with Gasteiger partial charge < -0.3 is 15.6 Å². The summed E-state index contributed by atoms with van der Waals surface area (Å²) in [5.74, 6) is -0.182. The number of carbonyl (C=O) groups is 1. The number of hydrogen-bond donors (Lipinski definition) is 2. The smallest absolute Gasteiger partial charge is 0.343 e. The molecule has 0 radical (unpaired) electrons. The highest BCUT2D eigenvalue weighted by molar-refractivity contribution is 5.94. The minimum absolute atomic E-state index is 0.148. The fourth-order valence-electron chi connectivity index (χ4n) is 2.56. The van der Waals surface area contributed by atoms with Crippen molar-refractivity contribution in [1.82, 2.24) is 9.78 Å². The number of nitrogens with two attached hydrogens (primary N) is 1. The Morgan fingerprint density at radius 3 is 3.00 bits per heavy atom. The van der Waals surface area contributed by atoms with Crippen LogP contribution in [0.15, 0.2) is 6.20 Å². The molecule has 1 fully saturated rings. The predicted molar refractivity (Wildman–Crippen MR) is 70.7 cm³/mol. The Kier molecular flexibility index (Phi) is 4.42. The lowest BCUT2D eigenvalue weighted by atomic mass is 10.1. The zero-order valence-electron chi connectivity index (χ0n) is 11.2. The first-order chi connectivity index (χ1) is 9.15. The molecule has 1 aromatic rings. The number of aromatic nitrogens is 2. The molecule has 6 nitrogen and oxygen atoms in total. The van der Waals surface area contributed by atoms with Crippen molar-refractivity contribution in [3.63, 3.8) is 0 Å². The highest BCUT2D eigenvalue weighted by Crippen LogP contribution is 2.30. The molecule has 106 valence electrons. The van der Waals surface area contributed by atoms with E-state index < -0.39 is 12.1 Å². The number of nitrogens with zero attached hydrogens (tertiary/aromatic N) is 2. The van der Waals surface area contributed by atoms with Gasteiger partial charge in [-0.25, -0.2) is 9.48 Å². The van der Waals surface area contributed by atoms with Crippen LogP contribution in [0.1, 0.15) is 55.4 Å². The number of carbonyl (C=O) groups excluding carboxylic acids is 1. The predicted octanol–water partition coefficient (Wildman–Crippen LogP) is 1.51. The van der Waals surface area contributed by atoms with Crippen LogP contribution in [0.4, 0.5) is 5.82 Å². The Hall–Kier alpha value is -1.56. The monoisotopic (exact) mass is 267 g/mol. The van der Waals surface area contributed by atoms with E-state index in [1.807, 2.05) is 0 Å². The normalized spacial score (nSPS) is 23.9. The SMILES string of the molecule is CCOC(=O)c1cnn(C2CCCCCC2O)c1N. The lowest BCUT2D eigenvalue weighted by molar-refractivity contribution is 0.0527. The van der Waals surface area contributed by atoms with Gasteiger partial charge in [-0.2, -0.15) is 5.10 Å². The van der Waals surface area contributed by atoms with E-state index in [2.05, 4.69) is 5.10 Å². The van der Waals surface area contributed by atoms with Gasteiger partial charge in [-0.1, -0.05) is 19.3 Å². The second-order valence-electron chi connectivity index (χ2n) is 4.88.